The predicted molar refractivity (Wildman–Crippen MR) is 57.7 cm³/mol. The number of hydrogen-bond acceptors (Lipinski definition) is 4. The molecule has 0 aromatic heterocycles. The molecule has 0 spiro atoms. The molecule has 0 amide bonds. The van der Waals surface area contributed by atoms with Crippen molar-refractivity contribution in [2.24, 2.45) is 0 Å². The Bertz CT molecular complexity index is 337. The largest absolute Gasteiger partial charge is 0.306 e. The molecule has 0 aliphatic carbocycles. The highest BCUT2D eigenvalue weighted by Gasteiger charge is 2.28. The van der Waals surface area contributed by atoms with Crippen LogP contribution in [0.25, 0.3) is 0 Å². The topological polar surface area (TPSA) is 64.4 Å². The van der Waals surface area contributed by atoms with Crippen LogP contribution in [0.5, 0.6) is 0 Å². The van der Waals surface area contributed by atoms with Crippen LogP contribution in [0.2, 0.25) is 0 Å². The average Bonchev–Trinajstić information content (AvgIpc) is 2.18. The Morgan fingerprint density at radius 2 is 1.93 bits per heavy atom. The molecule has 0 atom stereocenters. The first-order chi connectivity index (χ1) is 6.97. The summed E-state index contributed by atoms with van der Waals surface area (Å²) in [7, 11) is 0.679. The zero-order valence-electron chi connectivity index (χ0n) is 9.18. The van der Waals surface area contributed by atoms with Gasteiger partial charge in [0.05, 0.1) is 6.07 Å². The van der Waals surface area contributed by atoms with Gasteiger partial charge in [-0.3, -0.25) is 0 Å². The summed E-state index contributed by atoms with van der Waals surface area (Å²) in [5, 5.41) is 8.41. The minimum Gasteiger partial charge on any atom is -0.306 e. The van der Waals surface area contributed by atoms with Crippen molar-refractivity contribution in [2.45, 2.75) is 18.9 Å². The maximum Gasteiger partial charge on any atom is 0.227 e. The molecule has 1 rings (SSSR count). The van der Waals surface area contributed by atoms with Crippen molar-refractivity contribution in [3.63, 3.8) is 0 Å². The molecule has 1 saturated heterocycles. The Morgan fingerprint density at radius 1 is 1.40 bits per heavy atom. The van der Waals surface area contributed by atoms with Gasteiger partial charge in [-0.25, -0.2) is 12.7 Å². The molecule has 5 nitrogen and oxygen atoms in total. The minimum atomic E-state index is -3.33. The van der Waals surface area contributed by atoms with Gasteiger partial charge in [-0.2, -0.15) is 5.26 Å². The highest BCUT2D eigenvalue weighted by Crippen LogP contribution is 2.16. The lowest BCUT2D eigenvalue weighted by Crippen LogP contribution is -2.45. The number of nitrogens with zero attached hydrogens (tertiary/aromatic N) is 3. The lowest BCUT2D eigenvalue weighted by molar-refractivity contribution is 0.197. The standard InChI is InChI=1S/C9H17N3O2S/c1-11(2)9-3-6-12(7-4-9)15(13,14)8-5-10/h9H,3-4,6-8H2,1-2H3. The molecular weight excluding hydrogens is 214 g/mol. The average molecular weight is 231 g/mol. The summed E-state index contributed by atoms with van der Waals surface area (Å²) in [5.41, 5.74) is 0. The third-order valence-electron chi connectivity index (χ3n) is 2.79. The first kappa shape index (κ1) is 12.4. The second-order valence-electron chi connectivity index (χ2n) is 4.01. The molecule has 0 bridgehead atoms. The van der Waals surface area contributed by atoms with Crippen molar-refractivity contribution in [1.29, 1.82) is 5.26 Å². The Hall–Kier alpha value is -0.640. The second-order valence-corrected chi connectivity index (χ2v) is 5.98. The Morgan fingerprint density at radius 3 is 2.33 bits per heavy atom. The van der Waals surface area contributed by atoms with Crippen molar-refractivity contribution in [2.75, 3.05) is 32.9 Å². The number of sulfonamides is 1. The lowest BCUT2D eigenvalue weighted by Gasteiger charge is -2.33. The van der Waals surface area contributed by atoms with Crippen molar-refractivity contribution in [3.05, 3.63) is 0 Å². The Labute approximate surface area is 91.3 Å². The van der Waals surface area contributed by atoms with E-state index < -0.39 is 15.8 Å². The molecule has 0 aromatic rings. The van der Waals surface area contributed by atoms with E-state index in [2.05, 4.69) is 4.90 Å². The number of nitriles is 1. The lowest BCUT2D eigenvalue weighted by atomic mass is 10.1. The maximum absolute atomic E-state index is 11.6. The van der Waals surface area contributed by atoms with Crippen LogP contribution in [0.4, 0.5) is 0 Å². The van der Waals surface area contributed by atoms with Gasteiger partial charge in [0.1, 0.15) is 0 Å². The molecule has 0 unspecified atom stereocenters. The highest BCUT2D eigenvalue weighted by atomic mass is 32.2. The molecule has 1 fully saturated rings. The molecule has 0 radical (unpaired) electrons. The van der Waals surface area contributed by atoms with Gasteiger partial charge in [0, 0.05) is 19.1 Å². The van der Waals surface area contributed by atoms with E-state index in [1.54, 1.807) is 6.07 Å². The van der Waals surface area contributed by atoms with Crippen molar-refractivity contribution >= 4 is 10.0 Å². The summed E-state index contributed by atoms with van der Waals surface area (Å²) >= 11 is 0. The number of piperidine rings is 1. The van der Waals surface area contributed by atoms with E-state index in [1.807, 2.05) is 14.1 Å². The molecule has 0 aromatic carbocycles. The zero-order valence-corrected chi connectivity index (χ0v) is 10.00. The monoisotopic (exact) mass is 231 g/mol. The van der Waals surface area contributed by atoms with Gasteiger partial charge >= 0.3 is 0 Å². The summed E-state index contributed by atoms with van der Waals surface area (Å²) < 4.78 is 24.5. The minimum absolute atomic E-state index is 0.403. The SMILES string of the molecule is CN(C)C1CCN(S(=O)(=O)CC#N)CC1. The van der Waals surface area contributed by atoms with Crippen LogP contribution in [-0.4, -0.2) is 56.6 Å². The van der Waals surface area contributed by atoms with E-state index in [-0.39, 0.29) is 0 Å². The number of hydrogen-bond donors (Lipinski definition) is 0. The number of rotatable bonds is 3. The van der Waals surface area contributed by atoms with Gasteiger partial charge in [-0.05, 0) is 26.9 Å². The van der Waals surface area contributed by atoms with E-state index >= 15 is 0 Å². The van der Waals surface area contributed by atoms with Crippen molar-refractivity contribution in [1.82, 2.24) is 9.21 Å². The summed E-state index contributed by atoms with van der Waals surface area (Å²) in [6, 6.07) is 2.16. The summed E-state index contributed by atoms with van der Waals surface area (Å²) in [5.74, 6) is -0.403. The highest BCUT2D eigenvalue weighted by molar-refractivity contribution is 7.89. The fraction of sp³-hybridized carbons (Fsp3) is 0.889. The molecule has 86 valence electrons. The Balaban J connectivity index is 2.55. The predicted octanol–water partition coefficient (Wildman–Crippen LogP) is -0.134. The first-order valence-electron chi connectivity index (χ1n) is 4.98. The van der Waals surface area contributed by atoms with Crippen LogP contribution in [0, 0.1) is 11.3 Å². The van der Waals surface area contributed by atoms with Crippen LogP contribution in [-0.2, 0) is 10.0 Å². The van der Waals surface area contributed by atoms with Crippen LogP contribution in [0.3, 0.4) is 0 Å². The van der Waals surface area contributed by atoms with Gasteiger partial charge in [0.15, 0.2) is 5.75 Å². The fourth-order valence-corrected chi connectivity index (χ4v) is 2.92. The van der Waals surface area contributed by atoms with E-state index in [9.17, 15) is 8.42 Å². The Kier molecular flexibility index (Phi) is 4.08. The van der Waals surface area contributed by atoms with Crippen molar-refractivity contribution in [3.8, 4) is 6.07 Å². The molecule has 1 heterocycles. The third kappa shape index (κ3) is 3.16. The van der Waals surface area contributed by atoms with Gasteiger partial charge in [0.25, 0.3) is 0 Å². The molecule has 15 heavy (non-hydrogen) atoms. The zero-order chi connectivity index (χ0) is 11.5. The van der Waals surface area contributed by atoms with Crippen molar-refractivity contribution < 1.29 is 8.42 Å². The van der Waals surface area contributed by atoms with Crippen LogP contribution in [0.15, 0.2) is 0 Å². The van der Waals surface area contributed by atoms with Gasteiger partial charge in [0.2, 0.25) is 10.0 Å². The van der Waals surface area contributed by atoms with E-state index in [0.717, 1.165) is 12.8 Å². The molecule has 0 N–H and O–H groups in total. The molecule has 6 heteroatoms. The van der Waals surface area contributed by atoms with Crippen LogP contribution in [0.1, 0.15) is 12.8 Å². The first-order valence-corrected chi connectivity index (χ1v) is 6.59. The van der Waals surface area contributed by atoms with Gasteiger partial charge in [-0.15, -0.1) is 0 Å². The van der Waals surface area contributed by atoms with E-state index in [4.69, 9.17) is 5.26 Å². The molecule has 0 saturated carbocycles. The van der Waals surface area contributed by atoms with Gasteiger partial charge < -0.3 is 4.90 Å². The maximum atomic E-state index is 11.6. The van der Waals surface area contributed by atoms with Gasteiger partial charge in [-0.1, -0.05) is 0 Å². The summed E-state index contributed by atoms with van der Waals surface area (Å²) in [6.07, 6.45) is 1.69. The summed E-state index contributed by atoms with van der Waals surface area (Å²) in [6.45, 7) is 1.07. The van der Waals surface area contributed by atoms with E-state index in [0.29, 0.717) is 19.1 Å². The fourth-order valence-electron chi connectivity index (χ4n) is 1.81. The summed E-state index contributed by atoms with van der Waals surface area (Å²) in [4.78, 5) is 2.12. The molecule has 1 aliphatic rings. The van der Waals surface area contributed by atoms with Crippen LogP contribution >= 0.6 is 0 Å². The normalized spacial score (nSPS) is 20.4. The third-order valence-corrected chi connectivity index (χ3v) is 4.44. The molecular formula is C9H17N3O2S. The second kappa shape index (κ2) is 4.92. The smallest absolute Gasteiger partial charge is 0.227 e. The van der Waals surface area contributed by atoms with E-state index in [1.165, 1.54) is 4.31 Å². The van der Waals surface area contributed by atoms with Crippen LogP contribution < -0.4 is 0 Å². The quantitative estimate of drug-likeness (QED) is 0.678. The molecule has 1 aliphatic heterocycles.